The molecule has 12 rings (SSSR count). The van der Waals surface area contributed by atoms with E-state index in [1.165, 1.54) is 97.1 Å². The van der Waals surface area contributed by atoms with E-state index in [0.29, 0.717) is 0 Å². The zero-order chi connectivity index (χ0) is 41.0. The molecule has 0 aliphatic rings. The average molecular weight is 804 g/mol. The monoisotopic (exact) mass is 803 g/mol. The van der Waals surface area contributed by atoms with E-state index in [4.69, 9.17) is 0 Å². The fraction of sp³-hybridized carbons (Fsp3) is 0. The van der Waals surface area contributed by atoms with E-state index in [0.717, 1.165) is 5.69 Å². The lowest BCUT2D eigenvalue weighted by molar-refractivity contribution is 1.18. The summed E-state index contributed by atoms with van der Waals surface area (Å²) in [6.45, 7) is 0. The van der Waals surface area contributed by atoms with Crippen molar-refractivity contribution >= 4 is 82.9 Å². The highest BCUT2D eigenvalue weighted by atomic mass is 28.3. The Kier molecular flexibility index (Phi) is 8.58. The van der Waals surface area contributed by atoms with Gasteiger partial charge in [-0.3, -0.25) is 0 Å². The topological polar surface area (TPSA) is 4.93 Å². The first-order valence-corrected chi connectivity index (χ1v) is 23.5. The second-order valence-electron chi connectivity index (χ2n) is 16.4. The maximum Gasteiger partial charge on any atom is 0.179 e. The zero-order valence-corrected chi connectivity index (χ0v) is 35.1. The van der Waals surface area contributed by atoms with Crippen LogP contribution in [0.15, 0.2) is 249 Å². The molecule has 12 aromatic rings. The summed E-state index contributed by atoms with van der Waals surface area (Å²) in [5.41, 5.74) is 8.36. The minimum absolute atomic E-state index is 1.14. The van der Waals surface area contributed by atoms with Crippen LogP contribution in [0.3, 0.4) is 0 Å². The number of benzene rings is 11. The first kappa shape index (κ1) is 36.1. The Labute approximate surface area is 362 Å². The summed E-state index contributed by atoms with van der Waals surface area (Å²) < 4.78 is 2.51. The normalized spacial score (nSPS) is 11.9. The largest absolute Gasteiger partial charge is 0.309 e. The molecule has 11 aromatic carbocycles. The standard InChI is InChI=1S/C60H41NSi/c1-5-19-42(20-6-1)43-21-17-22-44(39-43)45-23-18-24-46(40-45)61-57-37-35-50(62(47-25-7-2-8-26-47,48-27-9-3-10-28-48)49-29-11-4-12-30-49)41-56(57)60-58(61)38-36-55-53-33-14-13-31-51(53)52-32-15-16-34-54(52)59(55)60/h1-41H. The smallest absolute Gasteiger partial charge is 0.179 e. The van der Waals surface area contributed by atoms with Crippen molar-refractivity contribution in [1.82, 2.24) is 4.57 Å². The Morgan fingerprint density at radius 2 is 0.677 bits per heavy atom. The summed E-state index contributed by atoms with van der Waals surface area (Å²) in [7, 11) is -2.84. The predicted octanol–water partition coefficient (Wildman–Crippen LogP) is 13.0. The molecule has 0 aliphatic heterocycles. The third-order valence-corrected chi connectivity index (χ3v) is 17.9. The maximum atomic E-state index is 2.57. The molecule has 1 aromatic heterocycles. The third kappa shape index (κ3) is 5.61. The highest BCUT2D eigenvalue weighted by molar-refractivity contribution is 7.20. The van der Waals surface area contributed by atoms with E-state index in [1.807, 2.05) is 0 Å². The lowest BCUT2D eigenvalue weighted by atomic mass is 9.92. The summed E-state index contributed by atoms with van der Waals surface area (Å²) in [6, 6.07) is 92.6. The Morgan fingerprint density at radius 3 is 1.27 bits per heavy atom. The highest BCUT2D eigenvalue weighted by Gasteiger charge is 2.41. The lowest BCUT2D eigenvalue weighted by Crippen LogP contribution is -2.74. The van der Waals surface area contributed by atoms with Gasteiger partial charge in [-0.1, -0.05) is 218 Å². The molecule has 0 saturated carbocycles. The molecule has 0 saturated heterocycles. The van der Waals surface area contributed by atoms with Crippen LogP contribution in [0.1, 0.15) is 0 Å². The van der Waals surface area contributed by atoms with Gasteiger partial charge in [0.1, 0.15) is 0 Å². The molecule has 290 valence electrons. The molecule has 0 aliphatic carbocycles. The molecule has 0 unspecified atom stereocenters. The first-order chi connectivity index (χ1) is 30.8. The molecule has 0 atom stereocenters. The van der Waals surface area contributed by atoms with Crippen LogP contribution in [0.25, 0.3) is 82.1 Å². The Morgan fingerprint density at radius 1 is 0.242 bits per heavy atom. The van der Waals surface area contributed by atoms with Crippen LogP contribution in [0.5, 0.6) is 0 Å². The molecule has 62 heavy (non-hydrogen) atoms. The van der Waals surface area contributed by atoms with Crippen molar-refractivity contribution in [3.8, 4) is 27.9 Å². The summed E-state index contributed by atoms with van der Waals surface area (Å²) in [4.78, 5) is 0. The van der Waals surface area contributed by atoms with E-state index < -0.39 is 8.07 Å². The number of fused-ring (bicyclic) bond motifs is 10. The van der Waals surface area contributed by atoms with Gasteiger partial charge in [0.25, 0.3) is 0 Å². The van der Waals surface area contributed by atoms with Crippen LogP contribution in [0.4, 0.5) is 0 Å². The molecule has 0 spiro atoms. The van der Waals surface area contributed by atoms with Gasteiger partial charge in [-0.05, 0) is 100 Å². The molecular weight excluding hydrogens is 763 g/mol. The van der Waals surface area contributed by atoms with Gasteiger partial charge < -0.3 is 4.57 Å². The molecule has 1 heterocycles. The fourth-order valence-corrected chi connectivity index (χ4v) is 15.2. The van der Waals surface area contributed by atoms with Crippen LogP contribution in [-0.4, -0.2) is 12.6 Å². The van der Waals surface area contributed by atoms with Crippen molar-refractivity contribution < 1.29 is 0 Å². The quantitative estimate of drug-likeness (QED) is 0.0859. The van der Waals surface area contributed by atoms with Gasteiger partial charge in [0, 0.05) is 21.8 Å². The van der Waals surface area contributed by atoms with Crippen LogP contribution < -0.4 is 20.7 Å². The summed E-state index contributed by atoms with van der Waals surface area (Å²) >= 11 is 0. The minimum atomic E-state index is -2.84. The molecule has 0 bridgehead atoms. The highest BCUT2D eigenvalue weighted by Crippen LogP contribution is 2.43. The maximum absolute atomic E-state index is 2.84. The molecule has 0 radical (unpaired) electrons. The Balaban J connectivity index is 1.20. The van der Waals surface area contributed by atoms with Gasteiger partial charge in [0.2, 0.25) is 0 Å². The number of rotatable bonds is 7. The van der Waals surface area contributed by atoms with Crippen molar-refractivity contribution in [1.29, 1.82) is 0 Å². The number of hydrogen-bond acceptors (Lipinski definition) is 0. The molecule has 2 heteroatoms. The van der Waals surface area contributed by atoms with Crippen LogP contribution in [-0.2, 0) is 0 Å². The lowest BCUT2D eigenvalue weighted by Gasteiger charge is -2.34. The SMILES string of the molecule is c1ccc(-c2cccc(-c3cccc(-n4c5ccc([Si](c6ccccc6)(c6ccccc6)c6ccccc6)cc5c5c6c7ccccc7c7ccccc7c6ccc54)c3)c2)cc1. The minimum Gasteiger partial charge on any atom is -0.309 e. The van der Waals surface area contributed by atoms with E-state index in [9.17, 15) is 0 Å². The van der Waals surface area contributed by atoms with E-state index in [-0.39, 0.29) is 0 Å². The van der Waals surface area contributed by atoms with E-state index in [1.54, 1.807) is 0 Å². The first-order valence-electron chi connectivity index (χ1n) is 21.5. The number of aromatic nitrogens is 1. The predicted molar refractivity (Wildman–Crippen MR) is 268 cm³/mol. The van der Waals surface area contributed by atoms with Gasteiger partial charge in [-0.2, -0.15) is 0 Å². The van der Waals surface area contributed by atoms with Crippen molar-refractivity contribution in [3.63, 3.8) is 0 Å². The summed E-state index contributed by atoms with van der Waals surface area (Å²) in [6.07, 6.45) is 0. The van der Waals surface area contributed by atoms with E-state index in [2.05, 4.69) is 253 Å². The molecule has 0 N–H and O–H groups in total. The molecule has 1 nitrogen and oxygen atoms in total. The van der Waals surface area contributed by atoms with Gasteiger partial charge in [0.05, 0.1) is 11.0 Å². The van der Waals surface area contributed by atoms with Gasteiger partial charge in [-0.25, -0.2) is 0 Å². The Bertz CT molecular complexity index is 3480. The number of hydrogen-bond donors (Lipinski definition) is 0. The van der Waals surface area contributed by atoms with E-state index >= 15 is 0 Å². The van der Waals surface area contributed by atoms with Gasteiger partial charge in [0.15, 0.2) is 8.07 Å². The zero-order valence-electron chi connectivity index (χ0n) is 34.1. The average Bonchev–Trinajstić information content (AvgIpc) is 3.69. The molecular formula is C60H41NSi. The number of nitrogens with zero attached hydrogens (tertiary/aromatic N) is 1. The second kappa shape index (κ2) is 14.7. The fourth-order valence-electron chi connectivity index (χ4n) is 10.4. The third-order valence-electron chi connectivity index (χ3n) is 13.1. The molecule has 0 fully saturated rings. The van der Waals surface area contributed by atoms with Crippen molar-refractivity contribution in [2.75, 3.05) is 0 Å². The summed E-state index contributed by atoms with van der Waals surface area (Å²) in [5.74, 6) is 0. The summed E-state index contributed by atoms with van der Waals surface area (Å²) in [5, 5.41) is 15.7. The van der Waals surface area contributed by atoms with Crippen LogP contribution in [0.2, 0.25) is 0 Å². The van der Waals surface area contributed by atoms with Crippen LogP contribution >= 0.6 is 0 Å². The Hall–Kier alpha value is -7.78. The van der Waals surface area contributed by atoms with Crippen LogP contribution in [0, 0.1) is 0 Å². The van der Waals surface area contributed by atoms with Gasteiger partial charge >= 0.3 is 0 Å². The van der Waals surface area contributed by atoms with Crippen molar-refractivity contribution in [3.05, 3.63) is 249 Å². The molecule has 0 amide bonds. The van der Waals surface area contributed by atoms with Gasteiger partial charge in [-0.15, -0.1) is 0 Å². The second-order valence-corrected chi connectivity index (χ2v) is 20.2. The van der Waals surface area contributed by atoms with Crippen molar-refractivity contribution in [2.24, 2.45) is 0 Å². The van der Waals surface area contributed by atoms with Crippen molar-refractivity contribution in [2.45, 2.75) is 0 Å².